The van der Waals surface area contributed by atoms with Crippen molar-refractivity contribution in [3.05, 3.63) is 34.9 Å². The number of Topliss-reactive ketones (excluding diaryl/α,β-unsaturated/α-hetero) is 1. The minimum absolute atomic E-state index is 0.0444. The van der Waals surface area contributed by atoms with E-state index in [0.29, 0.717) is 17.2 Å². The van der Waals surface area contributed by atoms with Crippen molar-refractivity contribution in [1.82, 2.24) is 10.0 Å². The van der Waals surface area contributed by atoms with Crippen molar-refractivity contribution in [2.24, 2.45) is 34.5 Å². The first-order valence-electron chi connectivity index (χ1n) is 12.6. The summed E-state index contributed by atoms with van der Waals surface area (Å²) in [5.41, 5.74) is 1.61. The van der Waals surface area contributed by atoms with E-state index in [2.05, 4.69) is 4.98 Å². The second kappa shape index (κ2) is 9.01. The number of allylic oxidation sites excluding steroid dienone is 4. The van der Waals surface area contributed by atoms with Crippen LogP contribution in [0.2, 0.25) is 0 Å². The van der Waals surface area contributed by atoms with Crippen LogP contribution in [0.5, 0.6) is 0 Å². The van der Waals surface area contributed by atoms with Gasteiger partial charge in [0.05, 0.1) is 18.3 Å². The number of nitrogens with zero attached hydrogens (tertiary/aromatic N) is 2. The van der Waals surface area contributed by atoms with Gasteiger partial charge in [0.1, 0.15) is 12.8 Å². The molecule has 0 saturated heterocycles. The fraction of sp³-hybridized carbons (Fsp3) is 0.654. The molecule has 202 valence electrons. The summed E-state index contributed by atoms with van der Waals surface area (Å²) < 4.78 is 32.9. The third-order valence-electron chi connectivity index (χ3n) is 9.66. The van der Waals surface area contributed by atoms with Crippen LogP contribution in [0, 0.1) is 34.5 Å². The normalized spacial score (nSPS) is 42.8. The fourth-order valence-electron chi connectivity index (χ4n) is 8.21. The van der Waals surface area contributed by atoms with Crippen LogP contribution >= 0.6 is 11.3 Å². The number of aromatic nitrogens is 1. The lowest BCUT2D eigenvalue weighted by Crippen LogP contribution is -2.68. The maximum absolute atomic E-state index is 17.3. The van der Waals surface area contributed by atoms with E-state index in [1.807, 2.05) is 6.92 Å². The number of hydrogen-bond donors (Lipinski definition) is 4. The fourth-order valence-corrected chi connectivity index (χ4v) is 8.77. The number of alkyl halides is 2. The number of nitrogen functional groups attached to an aromatic ring is 1. The number of halogens is 2. The summed E-state index contributed by atoms with van der Waals surface area (Å²) in [7, 11) is 0. The largest absolute Gasteiger partial charge is 0.390 e. The number of aliphatic hydroxyl groups is 2. The van der Waals surface area contributed by atoms with Crippen molar-refractivity contribution >= 4 is 28.0 Å². The Kier molecular flexibility index (Phi) is 6.47. The molecule has 3 fully saturated rings. The lowest BCUT2D eigenvalue weighted by Gasteiger charge is -2.62. The van der Waals surface area contributed by atoms with Crippen LogP contribution in [0.4, 0.5) is 13.9 Å². The van der Waals surface area contributed by atoms with Crippen molar-refractivity contribution in [3.63, 3.8) is 0 Å². The van der Waals surface area contributed by atoms with Crippen LogP contribution in [0.3, 0.4) is 0 Å². The van der Waals surface area contributed by atoms with E-state index < -0.39 is 70.6 Å². The highest BCUT2D eigenvalue weighted by molar-refractivity contribution is 7.13. The highest BCUT2D eigenvalue weighted by atomic mass is 32.1. The highest BCUT2D eigenvalue weighted by Crippen LogP contribution is 2.70. The zero-order valence-corrected chi connectivity index (χ0v) is 21.6. The van der Waals surface area contributed by atoms with Crippen LogP contribution in [0.15, 0.2) is 29.2 Å². The van der Waals surface area contributed by atoms with Crippen molar-refractivity contribution in [1.29, 1.82) is 0 Å². The second-order valence-corrected chi connectivity index (χ2v) is 12.5. The molecule has 11 heteroatoms. The minimum Gasteiger partial charge on any atom is -0.390 e. The number of rotatable bonds is 6. The maximum Gasteiger partial charge on any atom is 0.180 e. The Bertz CT molecular complexity index is 1170. The molecule has 4 aliphatic rings. The molecular weight excluding hydrogens is 504 g/mol. The molecule has 37 heavy (non-hydrogen) atoms. The number of ketones is 2. The zero-order valence-electron chi connectivity index (χ0n) is 20.8. The van der Waals surface area contributed by atoms with Crippen molar-refractivity contribution in [2.45, 2.75) is 57.6 Å². The molecule has 5 rings (SSSR count). The average Bonchev–Trinajstić information content (AvgIpc) is 3.36. The molecule has 0 aliphatic heterocycles. The van der Waals surface area contributed by atoms with E-state index in [0.717, 1.165) is 11.1 Å². The van der Waals surface area contributed by atoms with Crippen molar-refractivity contribution in [2.75, 3.05) is 18.9 Å². The second-order valence-electron chi connectivity index (χ2n) is 11.6. The number of hydroxylamine groups is 2. The van der Waals surface area contributed by atoms with Crippen LogP contribution in [0.25, 0.3) is 0 Å². The van der Waals surface area contributed by atoms with Crippen LogP contribution in [-0.2, 0) is 16.1 Å². The zero-order chi connectivity index (χ0) is 26.9. The van der Waals surface area contributed by atoms with Crippen LogP contribution in [0.1, 0.15) is 38.8 Å². The molecule has 1 aromatic heterocycles. The van der Waals surface area contributed by atoms with E-state index in [-0.39, 0.29) is 31.5 Å². The number of nitrogens with two attached hydrogens (primary N) is 1. The number of anilines is 1. The van der Waals surface area contributed by atoms with Gasteiger partial charge in [-0.15, -0.1) is 11.3 Å². The topological polar surface area (TPSA) is 137 Å². The van der Waals surface area contributed by atoms with E-state index in [4.69, 9.17) is 5.73 Å². The first-order chi connectivity index (χ1) is 17.3. The first kappa shape index (κ1) is 26.6. The molecule has 9 atom stereocenters. The molecule has 1 heterocycles. The number of carbonyl (C=O) groups excluding carboxylic acids is 2. The molecule has 8 nitrogen and oxygen atoms in total. The predicted molar refractivity (Wildman–Crippen MR) is 132 cm³/mol. The quantitative estimate of drug-likeness (QED) is 0.407. The van der Waals surface area contributed by atoms with Crippen LogP contribution in [-0.4, -0.2) is 68.1 Å². The highest BCUT2D eigenvalue weighted by Gasteiger charge is 2.73. The molecule has 4 aliphatic carbocycles. The number of hydrogen-bond acceptors (Lipinski definition) is 9. The van der Waals surface area contributed by atoms with Gasteiger partial charge in [0.25, 0.3) is 0 Å². The molecule has 0 amide bonds. The van der Waals surface area contributed by atoms with E-state index in [9.17, 15) is 25.0 Å². The summed E-state index contributed by atoms with van der Waals surface area (Å²) >= 11 is 1.24. The number of aliphatic hydroxyl groups excluding tert-OH is 2. The monoisotopic (exact) mass is 537 g/mol. The van der Waals surface area contributed by atoms with E-state index in [1.165, 1.54) is 30.4 Å². The lowest BCUT2D eigenvalue weighted by atomic mass is 9.45. The third kappa shape index (κ3) is 3.84. The van der Waals surface area contributed by atoms with Crippen molar-refractivity contribution < 1.29 is 33.8 Å². The van der Waals surface area contributed by atoms with Gasteiger partial charge in [-0.25, -0.2) is 13.8 Å². The molecule has 0 bridgehead atoms. The van der Waals surface area contributed by atoms with Gasteiger partial charge in [0.2, 0.25) is 0 Å². The SMILES string of the molecule is CC12CC(O)C3(F)C(CC(F)C4=CC(=O)C=CC43C)C1CC(CN(O)Cc1csc(N)n1)C2C(=O)CO. The summed E-state index contributed by atoms with van der Waals surface area (Å²) in [6, 6.07) is 0. The molecule has 3 saturated carbocycles. The van der Waals surface area contributed by atoms with Gasteiger partial charge in [0, 0.05) is 29.2 Å². The smallest absolute Gasteiger partial charge is 0.180 e. The summed E-state index contributed by atoms with van der Waals surface area (Å²) in [6.45, 7) is 2.74. The Hall–Kier alpha value is -2.05. The van der Waals surface area contributed by atoms with Crippen LogP contribution < -0.4 is 5.73 Å². The average molecular weight is 538 g/mol. The van der Waals surface area contributed by atoms with Gasteiger partial charge in [-0.05, 0) is 61.2 Å². The Morgan fingerprint density at radius 3 is 2.70 bits per heavy atom. The predicted octanol–water partition coefficient (Wildman–Crippen LogP) is 2.64. The van der Waals surface area contributed by atoms with Gasteiger partial charge in [-0.1, -0.05) is 13.0 Å². The molecule has 9 unspecified atom stereocenters. The molecule has 5 N–H and O–H groups in total. The van der Waals surface area contributed by atoms with E-state index >= 15 is 8.78 Å². The molecular formula is C26H33F2N3O5S. The van der Waals surface area contributed by atoms with Gasteiger partial charge in [-0.3, -0.25) is 9.59 Å². The van der Waals surface area contributed by atoms with Crippen molar-refractivity contribution in [3.8, 4) is 0 Å². The Balaban J connectivity index is 1.50. The Morgan fingerprint density at radius 2 is 2.05 bits per heavy atom. The first-order valence-corrected chi connectivity index (χ1v) is 13.5. The van der Waals surface area contributed by atoms with Gasteiger partial charge >= 0.3 is 0 Å². The standard InChI is InChI=1S/C26H33F2N3O5S/c1-24-8-21(35)26(28)17(7-19(27)18-6-15(33)3-4-25(18,26)2)16(24)5-13(22(24)20(34)11-32)9-31(36)10-14-12-37-23(29)30-14/h3-4,6,12-13,16-17,19,21-22,32,35-36H,5,7-11H2,1-2H3,(H2,29,30). The maximum atomic E-state index is 17.3. The van der Waals surface area contributed by atoms with Gasteiger partial charge in [-0.2, -0.15) is 5.06 Å². The molecule has 0 radical (unpaired) electrons. The summed E-state index contributed by atoms with van der Waals surface area (Å²) in [5, 5.41) is 35.0. The Morgan fingerprint density at radius 1 is 1.32 bits per heavy atom. The van der Waals surface area contributed by atoms with E-state index in [1.54, 1.807) is 5.38 Å². The summed E-state index contributed by atoms with van der Waals surface area (Å²) in [4.78, 5) is 29.2. The lowest BCUT2D eigenvalue weighted by molar-refractivity contribution is -0.202. The van der Waals surface area contributed by atoms with Gasteiger partial charge in [0.15, 0.2) is 22.4 Å². The number of carbonyl (C=O) groups is 2. The number of thiazole rings is 1. The minimum atomic E-state index is -2.25. The summed E-state index contributed by atoms with van der Waals surface area (Å²) in [5.74, 6) is -3.49. The molecule has 0 aromatic carbocycles. The summed E-state index contributed by atoms with van der Waals surface area (Å²) in [6.07, 6.45) is 0.699. The van der Waals surface area contributed by atoms with Gasteiger partial charge < -0.3 is 21.2 Å². The third-order valence-corrected chi connectivity index (χ3v) is 10.4. The Labute approximate surface area is 217 Å². The molecule has 0 spiro atoms. The number of fused-ring (bicyclic) bond motifs is 5. The molecule has 1 aromatic rings.